The Kier molecular flexibility index (Phi) is 3.73. The van der Waals surface area contributed by atoms with Crippen LogP contribution in [0.4, 0.5) is 0 Å². The van der Waals surface area contributed by atoms with Crippen LogP contribution in [-0.4, -0.2) is 22.3 Å². The van der Waals surface area contributed by atoms with Gasteiger partial charge in [-0.1, -0.05) is 25.1 Å². The number of benzene rings is 1. The number of amides is 1. The van der Waals surface area contributed by atoms with E-state index in [4.69, 9.17) is 0 Å². The third-order valence-electron chi connectivity index (χ3n) is 4.73. The Morgan fingerprint density at radius 1 is 1.33 bits per heavy atom. The van der Waals surface area contributed by atoms with Crippen LogP contribution in [0.25, 0.3) is 10.8 Å². The van der Waals surface area contributed by atoms with Crippen molar-refractivity contribution in [2.24, 2.45) is 0 Å². The van der Waals surface area contributed by atoms with Crippen molar-refractivity contribution in [3.63, 3.8) is 0 Å². The van der Waals surface area contributed by atoms with Gasteiger partial charge in [0, 0.05) is 16.8 Å². The summed E-state index contributed by atoms with van der Waals surface area (Å²) < 4.78 is 0. The lowest BCUT2D eigenvalue weighted by Gasteiger charge is -2.35. The Morgan fingerprint density at radius 3 is 3.00 bits per heavy atom. The lowest BCUT2D eigenvalue weighted by atomic mass is 9.97. The summed E-state index contributed by atoms with van der Waals surface area (Å²) in [5.41, 5.74) is 1.42. The molecule has 0 radical (unpaired) electrons. The zero-order chi connectivity index (χ0) is 16.7. The molecule has 1 N–H and O–H groups in total. The molecule has 1 unspecified atom stereocenters. The predicted octanol–water partition coefficient (Wildman–Crippen LogP) is 3.74. The van der Waals surface area contributed by atoms with E-state index < -0.39 is 0 Å². The summed E-state index contributed by atoms with van der Waals surface area (Å²) in [4.78, 5) is 31.4. The van der Waals surface area contributed by atoms with Gasteiger partial charge in [-0.15, -0.1) is 11.3 Å². The van der Waals surface area contributed by atoms with Crippen LogP contribution in [0.3, 0.4) is 0 Å². The maximum atomic E-state index is 13.1. The number of hydrogen-bond donors (Lipinski definition) is 1. The average Bonchev–Trinajstić information content (AvgIpc) is 3.09. The summed E-state index contributed by atoms with van der Waals surface area (Å²) in [7, 11) is 0. The number of nitrogens with zero attached hydrogens (tertiary/aromatic N) is 1. The number of thiophene rings is 1. The van der Waals surface area contributed by atoms with Crippen molar-refractivity contribution in [3.8, 4) is 0 Å². The quantitative estimate of drug-likeness (QED) is 0.774. The Labute approximate surface area is 143 Å². The Balaban J connectivity index is 1.75. The van der Waals surface area contributed by atoms with Crippen LogP contribution in [0.1, 0.15) is 40.3 Å². The number of nitrogens with one attached hydrogen (secondary N) is 1. The van der Waals surface area contributed by atoms with Crippen molar-refractivity contribution in [3.05, 3.63) is 68.3 Å². The molecule has 0 spiro atoms. The third-order valence-corrected chi connectivity index (χ3v) is 5.72. The van der Waals surface area contributed by atoms with Gasteiger partial charge in [-0.25, -0.2) is 0 Å². The second kappa shape index (κ2) is 5.91. The first-order valence-electron chi connectivity index (χ1n) is 8.18. The van der Waals surface area contributed by atoms with Crippen molar-refractivity contribution in [2.75, 3.05) is 6.54 Å². The predicted molar refractivity (Wildman–Crippen MR) is 96.7 cm³/mol. The summed E-state index contributed by atoms with van der Waals surface area (Å²) in [6, 6.07) is 11.3. The van der Waals surface area contributed by atoms with Gasteiger partial charge in [-0.3, -0.25) is 9.59 Å². The van der Waals surface area contributed by atoms with Gasteiger partial charge in [0.15, 0.2) is 0 Å². The second-order valence-electron chi connectivity index (χ2n) is 6.07. The summed E-state index contributed by atoms with van der Waals surface area (Å²) >= 11 is 1.76. The molecular formula is C19H18N2O2S. The molecule has 0 bridgehead atoms. The van der Waals surface area contributed by atoms with E-state index in [0.29, 0.717) is 17.6 Å². The highest BCUT2D eigenvalue weighted by molar-refractivity contribution is 7.10. The number of aromatic amines is 1. The molecule has 1 atom stereocenters. The summed E-state index contributed by atoms with van der Waals surface area (Å²) in [5, 5.41) is 3.50. The molecule has 0 saturated heterocycles. The third kappa shape index (κ3) is 2.36. The number of carbonyl (C=O) groups excluding carboxylic acids is 1. The van der Waals surface area contributed by atoms with E-state index in [1.165, 1.54) is 10.4 Å². The van der Waals surface area contributed by atoms with Crippen LogP contribution in [-0.2, 0) is 6.42 Å². The molecule has 1 aliphatic rings. The molecule has 1 aromatic carbocycles. The number of H-pyrrole nitrogens is 1. The molecular weight excluding hydrogens is 320 g/mol. The second-order valence-corrected chi connectivity index (χ2v) is 7.07. The summed E-state index contributed by atoms with van der Waals surface area (Å²) in [6.45, 7) is 2.79. The van der Waals surface area contributed by atoms with E-state index in [0.717, 1.165) is 18.2 Å². The largest absolute Gasteiger partial charge is 0.330 e. The highest BCUT2D eigenvalue weighted by atomic mass is 32.1. The number of aromatic nitrogens is 1. The fraction of sp³-hybridized carbons (Fsp3) is 0.263. The molecule has 5 heteroatoms. The smallest absolute Gasteiger partial charge is 0.270 e. The van der Waals surface area contributed by atoms with Crippen molar-refractivity contribution in [1.29, 1.82) is 0 Å². The van der Waals surface area contributed by atoms with E-state index in [2.05, 4.69) is 23.4 Å². The Hall–Kier alpha value is -2.40. The zero-order valence-corrected chi connectivity index (χ0v) is 14.2. The van der Waals surface area contributed by atoms with Gasteiger partial charge in [0.2, 0.25) is 0 Å². The summed E-state index contributed by atoms with van der Waals surface area (Å²) in [5.74, 6) is -0.0958. The van der Waals surface area contributed by atoms with Crippen LogP contribution < -0.4 is 5.56 Å². The maximum absolute atomic E-state index is 13.1. The average molecular weight is 338 g/mol. The van der Waals surface area contributed by atoms with Crippen LogP contribution in [0.15, 0.2) is 46.6 Å². The van der Waals surface area contributed by atoms with Crippen molar-refractivity contribution in [2.45, 2.75) is 25.8 Å². The number of fused-ring (bicyclic) bond motifs is 2. The highest BCUT2D eigenvalue weighted by Crippen LogP contribution is 2.35. The molecule has 0 aliphatic carbocycles. The molecule has 0 fully saturated rings. The number of carbonyl (C=O) groups is 1. The lowest BCUT2D eigenvalue weighted by molar-refractivity contribution is 0.0651. The zero-order valence-electron chi connectivity index (χ0n) is 13.4. The van der Waals surface area contributed by atoms with E-state index in [-0.39, 0.29) is 17.5 Å². The molecule has 122 valence electrons. The number of pyridine rings is 1. The van der Waals surface area contributed by atoms with Crippen LogP contribution in [0.5, 0.6) is 0 Å². The molecule has 2 aromatic heterocycles. The first-order chi connectivity index (χ1) is 11.7. The minimum atomic E-state index is -0.210. The van der Waals surface area contributed by atoms with Gasteiger partial charge in [-0.05, 0) is 47.4 Å². The Morgan fingerprint density at radius 2 is 2.17 bits per heavy atom. The molecule has 1 amide bonds. The fourth-order valence-electron chi connectivity index (χ4n) is 3.56. The lowest BCUT2D eigenvalue weighted by Crippen LogP contribution is -2.40. The Bertz CT molecular complexity index is 973. The van der Waals surface area contributed by atoms with Crippen molar-refractivity contribution < 1.29 is 4.79 Å². The first-order valence-corrected chi connectivity index (χ1v) is 9.06. The molecule has 4 nitrogen and oxygen atoms in total. The van der Waals surface area contributed by atoms with Gasteiger partial charge >= 0.3 is 0 Å². The van der Waals surface area contributed by atoms with E-state index in [1.807, 2.05) is 23.1 Å². The molecule has 3 aromatic rings. The van der Waals surface area contributed by atoms with Gasteiger partial charge in [0.1, 0.15) is 5.69 Å². The minimum absolute atomic E-state index is 0.0856. The van der Waals surface area contributed by atoms with Crippen LogP contribution >= 0.6 is 11.3 Å². The normalized spacial score (nSPS) is 17.0. The molecule has 1 aliphatic heterocycles. The molecule has 24 heavy (non-hydrogen) atoms. The first kappa shape index (κ1) is 15.1. The van der Waals surface area contributed by atoms with E-state index >= 15 is 0 Å². The standard InChI is InChI=1S/C19H18N2O2S/c1-2-16-14-8-10-24-17(14)7-9-21(16)19(23)15-11-12-5-3-4-6-13(12)18(22)20-15/h3-6,8,10-11,16H,2,7,9H2,1H3,(H,20,22). The maximum Gasteiger partial charge on any atom is 0.270 e. The van der Waals surface area contributed by atoms with Crippen molar-refractivity contribution >= 4 is 28.0 Å². The summed E-state index contributed by atoms with van der Waals surface area (Å²) in [6.07, 6.45) is 1.75. The monoisotopic (exact) mass is 338 g/mol. The van der Waals surface area contributed by atoms with E-state index in [9.17, 15) is 9.59 Å². The van der Waals surface area contributed by atoms with Gasteiger partial charge in [0.05, 0.1) is 6.04 Å². The topological polar surface area (TPSA) is 53.2 Å². The van der Waals surface area contributed by atoms with Crippen molar-refractivity contribution in [1.82, 2.24) is 9.88 Å². The van der Waals surface area contributed by atoms with Gasteiger partial charge in [0.25, 0.3) is 11.5 Å². The number of hydrogen-bond acceptors (Lipinski definition) is 3. The molecule has 4 rings (SSSR count). The van der Waals surface area contributed by atoms with Crippen LogP contribution in [0.2, 0.25) is 0 Å². The highest BCUT2D eigenvalue weighted by Gasteiger charge is 2.31. The SMILES string of the molecule is CCC1c2ccsc2CCN1C(=O)c1cc2ccccc2c(=O)[nH]1. The fourth-order valence-corrected chi connectivity index (χ4v) is 4.49. The van der Waals surface area contributed by atoms with Crippen LogP contribution in [0, 0.1) is 0 Å². The van der Waals surface area contributed by atoms with Gasteiger partial charge < -0.3 is 9.88 Å². The van der Waals surface area contributed by atoms with E-state index in [1.54, 1.807) is 23.5 Å². The molecule has 3 heterocycles. The molecule has 0 saturated carbocycles. The minimum Gasteiger partial charge on any atom is -0.330 e. The number of rotatable bonds is 2. The van der Waals surface area contributed by atoms with Gasteiger partial charge in [-0.2, -0.15) is 0 Å².